The molecule has 3 aromatic rings. The summed E-state index contributed by atoms with van der Waals surface area (Å²) in [5, 5.41) is 10.2. The van der Waals surface area contributed by atoms with E-state index in [4.69, 9.17) is 27.4 Å². The second-order valence-corrected chi connectivity index (χ2v) is 9.17. The maximum absolute atomic E-state index is 13.3. The molecular weight excluding hydrogens is 452 g/mol. The van der Waals surface area contributed by atoms with Crippen molar-refractivity contribution >= 4 is 34.4 Å². The predicted octanol–water partition coefficient (Wildman–Crippen LogP) is 4.03. The number of hydrogen-bond donors (Lipinski definition) is 2. The third kappa shape index (κ3) is 5.38. The van der Waals surface area contributed by atoms with Crippen molar-refractivity contribution in [3.05, 3.63) is 64.7 Å². The monoisotopic (exact) mass is 480 g/mol. The number of carboxylic acids is 1. The van der Waals surface area contributed by atoms with Crippen molar-refractivity contribution < 1.29 is 14.7 Å². The van der Waals surface area contributed by atoms with Crippen molar-refractivity contribution in [3.8, 4) is 11.3 Å². The summed E-state index contributed by atoms with van der Waals surface area (Å²) in [4.78, 5) is 32.9. The van der Waals surface area contributed by atoms with Crippen molar-refractivity contribution in [2.24, 2.45) is 5.73 Å². The van der Waals surface area contributed by atoms with Crippen LogP contribution in [0.25, 0.3) is 22.2 Å². The van der Waals surface area contributed by atoms with Gasteiger partial charge in [0, 0.05) is 55.2 Å². The second kappa shape index (κ2) is 10.5. The standard InChI is InChI=1S/C26H29ClN4O3/c1-17-16-31(11-10-30(17)9-3-6-25(32)33)26(34)20-7-8-21-22(27)14-23(29-24(21)13-20)19-5-2-4-18(12-19)15-28/h2,4-5,7-8,12-14,17H,3,6,9-11,15-16,28H2,1H3,(H,32,33)/t17-/m1/s1. The molecule has 0 unspecified atom stereocenters. The summed E-state index contributed by atoms with van der Waals surface area (Å²) in [6.45, 7) is 5.18. The number of fused-ring (bicyclic) bond motifs is 1. The highest BCUT2D eigenvalue weighted by molar-refractivity contribution is 6.35. The van der Waals surface area contributed by atoms with Gasteiger partial charge in [0.15, 0.2) is 0 Å². The van der Waals surface area contributed by atoms with E-state index >= 15 is 0 Å². The van der Waals surface area contributed by atoms with E-state index in [0.717, 1.165) is 35.3 Å². The minimum absolute atomic E-state index is 0.0348. The quantitative estimate of drug-likeness (QED) is 0.529. The molecule has 4 rings (SSSR count). The van der Waals surface area contributed by atoms with Crippen molar-refractivity contribution in [2.45, 2.75) is 32.4 Å². The fraction of sp³-hybridized carbons (Fsp3) is 0.346. The van der Waals surface area contributed by atoms with Gasteiger partial charge in [-0.05, 0) is 49.7 Å². The Labute approximate surface area is 204 Å². The summed E-state index contributed by atoms with van der Waals surface area (Å²) in [5.74, 6) is -0.811. The average Bonchev–Trinajstić information content (AvgIpc) is 2.84. The van der Waals surface area contributed by atoms with Gasteiger partial charge in [0.1, 0.15) is 0 Å². The predicted molar refractivity (Wildman–Crippen MR) is 134 cm³/mol. The number of aliphatic carboxylic acids is 1. The van der Waals surface area contributed by atoms with E-state index in [0.29, 0.717) is 42.2 Å². The third-order valence-electron chi connectivity index (χ3n) is 6.35. The molecule has 0 saturated carbocycles. The highest BCUT2D eigenvalue weighted by Gasteiger charge is 2.27. The number of carbonyl (C=O) groups is 2. The van der Waals surface area contributed by atoms with Crippen molar-refractivity contribution in [3.63, 3.8) is 0 Å². The van der Waals surface area contributed by atoms with Crippen LogP contribution in [0.3, 0.4) is 0 Å². The number of pyridine rings is 1. The zero-order chi connectivity index (χ0) is 24.2. The molecule has 2 aromatic carbocycles. The summed E-state index contributed by atoms with van der Waals surface area (Å²) in [5.41, 5.74) is 9.71. The molecule has 1 aliphatic heterocycles. The molecule has 178 valence electrons. The molecule has 0 aliphatic carbocycles. The van der Waals surface area contributed by atoms with Crippen molar-refractivity contribution in [1.82, 2.24) is 14.8 Å². The summed E-state index contributed by atoms with van der Waals surface area (Å²) in [6, 6.07) is 15.3. The Hall–Kier alpha value is -3.00. The normalized spacial score (nSPS) is 16.7. The van der Waals surface area contributed by atoms with Crippen molar-refractivity contribution in [1.29, 1.82) is 0 Å². The summed E-state index contributed by atoms with van der Waals surface area (Å²) in [7, 11) is 0. The molecule has 7 nitrogen and oxygen atoms in total. The van der Waals surface area contributed by atoms with E-state index in [9.17, 15) is 9.59 Å². The zero-order valence-corrected chi connectivity index (χ0v) is 20.0. The molecule has 1 atom stereocenters. The van der Waals surface area contributed by atoms with Crippen LogP contribution >= 0.6 is 11.6 Å². The molecule has 8 heteroatoms. The first-order valence-corrected chi connectivity index (χ1v) is 11.9. The molecule has 34 heavy (non-hydrogen) atoms. The van der Waals surface area contributed by atoms with E-state index in [2.05, 4.69) is 11.8 Å². The van der Waals surface area contributed by atoms with Gasteiger partial charge >= 0.3 is 5.97 Å². The van der Waals surface area contributed by atoms with Crippen LogP contribution in [-0.2, 0) is 11.3 Å². The number of piperazine rings is 1. The lowest BCUT2D eigenvalue weighted by molar-refractivity contribution is -0.137. The number of benzene rings is 2. The summed E-state index contributed by atoms with van der Waals surface area (Å²) >= 11 is 6.56. The lowest BCUT2D eigenvalue weighted by Crippen LogP contribution is -2.53. The first kappa shape index (κ1) is 24.1. The van der Waals surface area contributed by atoms with Gasteiger partial charge in [0.25, 0.3) is 5.91 Å². The van der Waals surface area contributed by atoms with E-state index in [1.54, 1.807) is 6.07 Å². The number of rotatable bonds is 7. The molecule has 1 fully saturated rings. The Morgan fingerprint density at radius 1 is 1.18 bits per heavy atom. The van der Waals surface area contributed by atoms with Gasteiger partial charge in [0.05, 0.1) is 16.2 Å². The SMILES string of the molecule is C[C@@H]1CN(C(=O)c2ccc3c(Cl)cc(-c4cccc(CN)c4)nc3c2)CCN1CCCC(=O)O. The number of nitrogens with zero attached hydrogens (tertiary/aromatic N) is 3. The van der Waals surface area contributed by atoms with Gasteiger partial charge in [-0.1, -0.05) is 35.9 Å². The van der Waals surface area contributed by atoms with Gasteiger partial charge in [-0.15, -0.1) is 0 Å². The van der Waals surface area contributed by atoms with Crippen molar-refractivity contribution in [2.75, 3.05) is 26.2 Å². The highest BCUT2D eigenvalue weighted by atomic mass is 35.5. The Morgan fingerprint density at radius 2 is 2.00 bits per heavy atom. The van der Waals surface area contributed by atoms with Gasteiger partial charge in [-0.2, -0.15) is 0 Å². The number of amides is 1. The largest absolute Gasteiger partial charge is 0.481 e. The Balaban J connectivity index is 1.53. The van der Waals surface area contributed by atoms with Gasteiger partial charge in [0.2, 0.25) is 0 Å². The molecule has 0 radical (unpaired) electrons. The molecule has 0 bridgehead atoms. The molecular formula is C26H29ClN4O3. The molecule has 2 heterocycles. The Morgan fingerprint density at radius 3 is 2.74 bits per heavy atom. The lowest BCUT2D eigenvalue weighted by Gasteiger charge is -2.40. The zero-order valence-electron chi connectivity index (χ0n) is 19.2. The smallest absolute Gasteiger partial charge is 0.303 e. The highest BCUT2D eigenvalue weighted by Crippen LogP contribution is 2.29. The molecule has 3 N–H and O–H groups in total. The molecule has 1 saturated heterocycles. The fourth-order valence-corrected chi connectivity index (χ4v) is 4.72. The fourth-order valence-electron chi connectivity index (χ4n) is 4.45. The van der Waals surface area contributed by atoms with Crippen LogP contribution in [0.5, 0.6) is 0 Å². The maximum atomic E-state index is 13.3. The van der Waals surface area contributed by atoms with Gasteiger partial charge in [-0.25, -0.2) is 4.98 Å². The summed E-state index contributed by atoms with van der Waals surface area (Å²) in [6.07, 6.45) is 0.776. The summed E-state index contributed by atoms with van der Waals surface area (Å²) < 4.78 is 0. The molecule has 0 spiro atoms. The lowest BCUT2D eigenvalue weighted by atomic mass is 10.0. The van der Waals surface area contributed by atoms with E-state index < -0.39 is 5.97 Å². The number of aromatic nitrogens is 1. The topological polar surface area (TPSA) is 99.8 Å². The van der Waals surface area contributed by atoms with Crippen LogP contribution in [0, 0.1) is 0 Å². The van der Waals surface area contributed by atoms with Gasteiger partial charge < -0.3 is 15.7 Å². The van der Waals surface area contributed by atoms with Crippen LogP contribution < -0.4 is 5.73 Å². The van der Waals surface area contributed by atoms with Crippen LogP contribution in [-0.4, -0.2) is 64.0 Å². The van der Waals surface area contributed by atoms with Crippen LogP contribution in [0.4, 0.5) is 0 Å². The first-order valence-electron chi connectivity index (χ1n) is 11.5. The Bertz CT molecular complexity index is 1220. The second-order valence-electron chi connectivity index (χ2n) is 8.76. The van der Waals surface area contributed by atoms with E-state index in [1.165, 1.54) is 0 Å². The van der Waals surface area contributed by atoms with Crippen LogP contribution in [0.1, 0.15) is 35.7 Å². The minimum Gasteiger partial charge on any atom is -0.481 e. The third-order valence-corrected chi connectivity index (χ3v) is 6.67. The average molecular weight is 481 g/mol. The number of nitrogens with two attached hydrogens (primary N) is 1. The van der Waals surface area contributed by atoms with Gasteiger partial charge in [-0.3, -0.25) is 14.5 Å². The number of hydrogen-bond acceptors (Lipinski definition) is 5. The maximum Gasteiger partial charge on any atom is 0.303 e. The Kier molecular flexibility index (Phi) is 7.46. The minimum atomic E-state index is -0.776. The van der Waals surface area contributed by atoms with E-state index in [1.807, 2.05) is 47.4 Å². The number of halogens is 1. The number of carbonyl (C=O) groups excluding carboxylic acids is 1. The number of carboxylic acid groups (broad SMARTS) is 1. The van der Waals surface area contributed by atoms with Crippen LogP contribution in [0.15, 0.2) is 48.5 Å². The molecule has 1 aliphatic rings. The molecule has 1 amide bonds. The van der Waals surface area contributed by atoms with Crippen LogP contribution in [0.2, 0.25) is 5.02 Å². The van der Waals surface area contributed by atoms with E-state index in [-0.39, 0.29) is 18.4 Å². The molecule has 1 aromatic heterocycles. The first-order chi connectivity index (χ1) is 16.4.